The van der Waals surface area contributed by atoms with Crippen molar-refractivity contribution in [1.29, 1.82) is 0 Å². The summed E-state index contributed by atoms with van der Waals surface area (Å²) in [6.45, 7) is 5.89. The molecule has 0 aliphatic rings. The number of anilines is 3. The molecule has 0 aliphatic carbocycles. The van der Waals surface area contributed by atoms with E-state index in [0.717, 1.165) is 50.8 Å². The van der Waals surface area contributed by atoms with Gasteiger partial charge in [0.25, 0.3) is 10.0 Å². The lowest BCUT2D eigenvalue weighted by Gasteiger charge is -2.18. The minimum Gasteiger partial charge on any atom is -0.389 e. The van der Waals surface area contributed by atoms with Gasteiger partial charge < -0.3 is 10.4 Å². The van der Waals surface area contributed by atoms with Crippen LogP contribution in [-0.2, 0) is 16.6 Å². The summed E-state index contributed by atoms with van der Waals surface area (Å²) in [6, 6.07) is 14.8. The zero-order valence-electron chi connectivity index (χ0n) is 23.4. The number of aromatic nitrogens is 6. The molecule has 43 heavy (non-hydrogen) atoms. The van der Waals surface area contributed by atoms with E-state index < -0.39 is 21.6 Å². The number of rotatable bonds is 8. The molecule has 0 spiro atoms. The van der Waals surface area contributed by atoms with Crippen molar-refractivity contribution in [3.05, 3.63) is 90.9 Å². The van der Waals surface area contributed by atoms with Crippen LogP contribution in [0, 0.1) is 12.9 Å². The lowest BCUT2D eigenvalue weighted by atomic mass is 9.98. The van der Waals surface area contributed by atoms with Gasteiger partial charge in [0.2, 0.25) is 11.9 Å². The van der Waals surface area contributed by atoms with Crippen molar-refractivity contribution >= 4 is 49.2 Å². The van der Waals surface area contributed by atoms with Gasteiger partial charge in [-0.15, -0.1) is 0 Å². The predicted octanol–water partition coefficient (Wildman–Crippen LogP) is 5.20. The molecule has 0 atom stereocenters. The SMILES string of the molecule is Cc1c(-c2nccc3cnc(Nc4ccc(S(=O)(=O)Nc5nccc(F)n5)cc4)cc23)ccc2c1cnn2CC(C)(C)O. The van der Waals surface area contributed by atoms with Crippen LogP contribution in [0.25, 0.3) is 32.9 Å². The van der Waals surface area contributed by atoms with Crippen LogP contribution in [-0.4, -0.2) is 48.8 Å². The Hall–Kier alpha value is -5.01. The third-order valence-corrected chi connectivity index (χ3v) is 8.16. The number of aryl methyl sites for hydroxylation is 1. The van der Waals surface area contributed by atoms with Crippen molar-refractivity contribution in [3.63, 3.8) is 0 Å². The molecule has 6 aromatic rings. The van der Waals surface area contributed by atoms with Crippen LogP contribution in [0.5, 0.6) is 0 Å². The average Bonchev–Trinajstić information content (AvgIpc) is 3.35. The molecule has 0 amide bonds. The maximum absolute atomic E-state index is 13.3. The smallest absolute Gasteiger partial charge is 0.264 e. The summed E-state index contributed by atoms with van der Waals surface area (Å²) in [7, 11) is -4.02. The molecule has 0 radical (unpaired) electrons. The number of nitrogens with one attached hydrogen (secondary N) is 2. The quantitative estimate of drug-likeness (QED) is 0.201. The highest BCUT2D eigenvalue weighted by Crippen LogP contribution is 2.34. The number of fused-ring (bicyclic) bond motifs is 2. The largest absolute Gasteiger partial charge is 0.389 e. The molecule has 0 fully saturated rings. The van der Waals surface area contributed by atoms with Crippen LogP contribution < -0.4 is 10.0 Å². The van der Waals surface area contributed by atoms with Crippen molar-refractivity contribution in [3.8, 4) is 11.3 Å². The number of halogens is 1. The van der Waals surface area contributed by atoms with E-state index in [2.05, 4.69) is 30.1 Å². The Kier molecular flexibility index (Phi) is 6.98. The van der Waals surface area contributed by atoms with Gasteiger partial charge in [0.15, 0.2) is 0 Å². The first kappa shape index (κ1) is 28.1. The van der Waals surface area contributed by atoms with E-state index in [0.29, 0.717) is 18.1 Å². The Morgan fingerprint density at radius 3 is 2.47 bits per heavy atom. The zero-order valence-corrected chi connectivity index (χ0v) is 24.3. The number of hydrogen-bond acceptors (Lipinski definition) is 9. The molecule has 0 bridgehead atoms. The van der Waals surface area contributed by atoms with Gasteiger partial charge in [0, 0.05) is 52.1 Å². The van der Waals surface area contributed by atoms with Gasteiger partial charge >= 0.3 is 0 Å². The molecule has 0 saturated carbocycles. The first-order valence-corrected chi connectivity index (χ1v) is 14.8. The highest BCUT2D eigenvalue weighted by molar-refractivity contribution is 7.92. The summed E-state index contributed by atoms with van der Waals surface area (Å²) in [5.41, 5.74) is 3.38. The monoisotopic (exact) mass is 598 g/mol. The average molecular weight is 599 g/mol. The van der Waals surface area contributed by atoms with E-state index in [1.54, 1.807) is 43.1 Å². The van der Waals surface area contributed by atoms with Gasteiger partial charge in [-0.3, -0.25) is 9.67 Å². The third kappa shape index (κ3) is 5.85. The highest BCUT2D eigenvalue weighted by atomic mass is 32.2. The van der Waals surface area contributed by atoms with Crippen LogP contribution >= 0.6 is 0 Å². The second kappa shape index (κ2) is 10.7. The number of hydrogen-bond donors (Lipinski definition) is 3. The summed E-state index contributed by atoms with van der Waals surface area (Å²) in [4.78, 5) is 16.4. The number of pyridine rings is 2. The predicted molar refractivity (Wildman–Crippen MR) is 162 cm³/mol. The van der Waals surface area contributed by atoms with Gasteiger partial charge in [0.05, 0.1) is 34.4 Å². The second-order valence-corrected chi connectivity index (χ2v) is 12.4. The fourth-order valence-electron chi connectivity index (χ4n) is 4.82. The topological polar surface area (TPSA) is 148 Å². The van der Waals surface area contributed by atoms with Crippen molar-refractivity contribution in [1.82, 2.24) is 29.7 Å². The molecular formula is C30H27FN8O3S. The molecule has 13 heteroatoms. The zero-order chi connectivity index (χ0) is 30.4. The molecule has 11 nitrogen and oxygen atoms in total. The summed E-state index contributed by atoms with van der Waals surface area (Å²) in [5, 5.41) is 20.8. The Morgan fingerprint density at radius 1 is 0.953 bits per heavy atom. The number of aliphatic hydroxyl groups is 1. The summed E-state index contributed by atoms with van der Waals surface area (Å²) in [5.74, 6) is -0.660. The minimum absolute atomic E-state index is 0.0411. The summed E-state index contributed by atoms with van der Waals surface area (Å²) >= 11 is 0. The van der Waals surface area contributed by atoms with Crippen LogP contribution in [0.2, 0.25) is 0 Å². The number of nitrogens with zero attached hydrogens (tertiary/aromatic N) is 6. The molecular weight excluding hydrogens is 571 g/mol. The van der Waals surface area contributed by atoms with Crippen LogP contribution in [0.15, 0.2) is 84.3 Å². The first-order valence-electron chi connectivity index (χ1n) is 13.3. The fourth-order valence-corrected chi connectivity index (χ4v) is 5.77. The number of benzene rings is 2. The standard InChI is InChI=1S/C30H27FN8O3S/c1-18-22(8-9-25-24(18)16-35-39(25)17-30(2,3)40)28-23-14-27(34-15-19(23)10-12-32-28)36-20-4-6-21(7-5-20)43(41,42)38-29-33-13-11-26(31)37-29/h4-16,40H,17H2,1-3H3,(H,34,36)(H,33,37,38). The Balaban J connectivity index is 1.28. The van der Waals surface area contributed by atoms with E-state index in [-0.39, 0.29) is 10.8 Å². The summed E-state index contributed by atoms with van der Waals surface area (Å²) < 4.78 is 42.7. The second-order valence-electron chi connectivity index (χ2n) is 10.7. The van der Waals surface area contributed by atoms with E-state index in [1.165, 1.54) is 12.1 Å². The molecule has 6 rings (SSSR count). The molecule has 4 heterocycles. The molecule has 0 aliphatic heterocycles. The van der Waals surface area contributed by atoms with E-state index in [4.69, 9.17) is 4.98 Å². The summed E-state index contributed by atoms with van der Waals surface area (Å²) in [6.07, 6.45) is 6.43. The Labute approximate surface area is 246 Å². The van der Waals surface area contributed by atoms with E-state index >= 15 is 0 Å². The normalized spacial score (nSPS) is 12.1. The molecule has 3 N–H and O–H groups in total. The highest BCUT2D eigenvalue weighted by Gasteiger charge is 2.19. The van der Waals surface area contributed by atoms with Crippen molar-refractivity contribution in [2.24, 2.45) is 0 Å². The van der Waals surface area contributed by atoms with Gasteiger partial charge in [0.1, 0.15) is 5.82 Å². The van der Waals surface area contributed by atoms with E-state index in [1.807, 2.05) is 37.4 Å². The lowest BCUT2D eigenvalue weighted by Crippen LogP contribution is -2.26. The maximum Gasteiger partial charge on any atom is 0.264 e. The number of sulfonamides is 1. The lowest BCUT2D eigenvalue weighted by molar-refractivity contribution is 0.0591. The molecule has 4 aromatic heterocycles. The van der Waals surface area contributed by atoms with Crippen LogP contribution in [0.3, 0.4) is 0 Å². The Bertz CT molecular complexity index is 2090. The van der Waals surface area contributed by atoms with E-state index in [9.17, 15) is 17.9 Å². The van der Waals surface area contributed by atoms with Crippen LogP contribution in [0.4, 0.5) is 21.8 Å². The molecule has 218 valence electrons. The van der Waals surface area contributed by atoms with Gasteiger partial charge in [-0.2, -0.15) is 14.5 Å². The van der Waals surface area contributed by atoms with Crippen molar-refractivity contribution in [2.75, 3.05) is 10.0 Å². The molecule has 0 unspecified atom stereocenters. The van der Waals surface area contributed by atoms with Crippen molar-refractivity contribution < 1.29 is 17.9 Å². The minimum atomic E-state index is -4.02. The molecule has 2 aromatic carbocycles. The third-order valence-electron chi connectivity index (χ3n) is 6.82. The van der Waals surface area contributed by atoms with Crippen LogP contribution in [0.1, 0.15) is 19.4 Å². The first-order chi connectivity index (χ1) is 20.5. The van der Waals surface area contributed by atoms with Gasteiger partial charge in [-0.25, -0.2) is 23.1 Å². The van der Waals surface area contributed by atoms with Gasteiger partial charge in [-0.05, 0) is 68.8 Å². The Morgan fingerprint density at radius 2 is 1.72 bits per heavy atom. The maximum atomic E-state index is 13.3. The van der Waals surface area contributed by atoms with Crippen molar-refractivity contribution in [2.45, 2.75) is 37.8 Å². The molecule has 0 saturated heterocycles. The fraction of sp³-hybridized carbons (Fsp3) is 0.167. The van der Waals surface area contributed by atoms with Gasteiger partial charge in [-0.1, -0.05) is 6.07 Å².